The fourth-order valence-corrected chi connectivity index (χ4v) is 7.32. The fourth-order valence-electron chi connectivity index (χ4n) is 7.32. The molecule has 0 bridgehead atoms. The molecule has 45 heavy (non-hydrogen) atoms. The third kappa shape index (κ3) is 4.03. The van der Waals surface area contributed by atoms with Gasteiger partial charge < -0.3 is 9.32 Å². The van der Waals surface area contributed by atoms with Crippen LogP contribution in [0.2, 0.25) is 0 Å². The van der Waals surface area contributed by atoms with E-state index in [1.807, 2.05) is 12.1 Å². The first kappa shape index (κ1) is 25.9. The maximum absolute atomic E-state index is 6.27. The summed E-state index contributed by atoms with van der Waals surface area (Å²) in [6.07, 6.45) is 0. The Hall–Kier alpha value is -5.60. The van der Waals surface area contributed by atoms with Crippen LogP contribution in [0.4, 0.5) is 17.1 Å². The summed E-state index contributed by atoms with van der Waals surface area (Å²) in [6.45, 7) is 4.67. The highest BCUT2D eigenvalue weighted by Crippen LogP contribution is 2.50. The lowest BCUT2D eigenvalue weighted by Gasteiger charge is -2.27. The Labute approximate surface area is 262 Å². The third-order valence-electron chi connectivity index (χ3n) is 9.64. The van der Waals surface area contributed by atoms with E-state index in [0.29, 0.717) is 0 Å². The van der Waals surface area contributed by atoms with Crippen LogP contribution >= 0.6 is 0 Å². The van der Waals surface area contributed by atoms with Gasteiger partial charge in [-0.1, -0.05) is 111 Å². The molecule has 1 aliphatic rings. The van der Waals surface area contributed by atoms with Gasteiger partial charge in [-0.2, -0.15) is 0 Å². The summed E-state index contributed by atoms with van der Waals surface area (Å²) >= 11 is 0. The highest BCUT2D eigenvalue weighted by Gasteiger charge is 2.35. The predicted octanol–water partition coefficient (Wildman–Crippen LogP) is 12.2. The van der Waals surface area contributed by atoms with Crippen molar-refractivity contribution >= 4 is 49.8 Å². The molecule has 0 amide bonds. The van der Waals surface area contributed by atoms with Crippen LogP contribution in [0.5, 0.6) is 0 Å². The van der Waals surface area contributed by atoms with Gasteiger partial charge in [0.05, 0.1) is 0 Å². The van der Waals surface area contributed by atoms with Crippen molar-refractivity contribution < 1.29 is 4.42 Å². The molecular weight excluding hydrogens is 546 g/mol. The number of fused-ring (bicyclic) bond motifs is 7. The van der Waals surface area contributed by atoms with Crippen molar-refractivity contribution in [3.05, 3.63) is 163 Å². The van der Waals surface area contributed by atoms with Crippen molar-refractivity contribution in [3.63, 3.8) is 0 Å². The highest BCUT2D eigenvalue weighted by atomic mass is 16.3. The van der Waals surface area contributed by atoms with Crippen LogP contribution in [0.15, 0.2) is 156 Å². The van der Waals surface area contributed by atoms with Crippen molar-refractivity contribution in [1.82, 2.24) is 0 Å². The summed E-state index contributed by atoms with van der Waals surface area (Å²) in [5.74, 6) is 0. The lowest BCUT2D eigenvalue weighted by Crippen LogP contribution is -2.15. The van der Waals surface area contributed by atoms with Gasteiger partial charge in [0.25, 0.3) is 0 Å². The number of nitrogens with zero attached hydrogens (tertiary/aromatic N) is 1. The minimum Gasteiger partial charge on any atom is -0.456 e. The quantitative estimate of drug-likeness (QED) is 0.207. The van der Waals surface area contributed by atoms with E-state index in [0.717, 1.165) is 44.4 Å². The molecule has 0 radical (unpaired) electrons. The standard InChI is InChI=1S/C43H31NO/c1-43(2)39-14-8-6-12-35(39)37-27-34(22-23-40(37)43)44(32-19-16-29(17-20-32)28-10-4-3-5-11-28)33-21-18-30-25-38-36-13-7-9-15-41(36)45-42(38)26-31(30)24-33/h3-27H,1-2H3. The van der Waals surface area contributed by atoms with Gasteiger partial charge in [0, 0.05) is 33.2 Å². The number of hydrogen-bond donors (Lipinski definition) is 0. The maximum atomic E-state index is 6.27. The smallest absolute Gasteiger partial charge is 0.136 e. The second kappa shape index (κ2) is 9.70. The van der Waals surface area contributed by atoms with Crippen molar-refractivity contribution in [3.8, 4) is 22.3 Å². The van der Waals surface area contributed by atoms with Gasteiger partial charge >= 0.3 is 0 Å². The lowest BCUT2D eigenvalue weighted by molar-refractivity contribution is 0.660. The van der Waals surface area contributed by atoms with Crippen LogP contribution in [-0.2, 0) is 5.41 Å². The van der Waals surface area contributed by atoms with Crippen LogP contribution in [0.25, 0.3) is 55.0 Å². The van der Waals surface area contributed by atoms with Crippen molar-refractivity contribution in [2.45, 2.75) is 19.3 Å². The first-order valence-corrected chi connectivity index (χ1v) is 15.6. The van der Waals surface area contributed by atoms with E-state index in [9.17, 15) is 0 Å². The van der Waals surface area contributed by atoms with Gasteiger partial charge in [0.1, 0.15) is 11.2 Å². The zero-order valence-electron chi connectivity index (χ0n) is 25.3. The number of anilines is 3. The molecule has 2 heteroatoms. The summed E-state index contributed by atoms with van der Waals surface area (Å²) in [7, 11) is 0. The molecule has 1 aromatic heterocycles. The lowest BCUT2D eigenvalue weighted by atomic mass is 9.82. The molecule has 8 aromatic rings. The summed E-state index contributed by atoms with van der Waals surface area (Å²) < 4.78 is 6.27. The Kier molecular flexibility index (Phi) is 5.58. The average Bonchev–Trinajstić information content (AvgIpc) is 3.55. The zero-order chi connectivity index (χ0) is 30.1. The molecule has 0 atom stereocenters. The number of benzene rings is 7. The average molecular weight is 578 g/mol. The van der Waals surface area contributed by atoms with Crippen molar-refractivity contribution in [1.29, 1.82) is 0 Å². The van der Waals surface area contributed by atoms with E-state index in [2.05, 4.69) is 158 Å². The molecule has 0 unspecified atom stereocenters. The van der Waals surface area contributed by atoms with Gasteiger partial charge in [-0.05, 0) is 98.8 Å². The molecule has 9 rings (SSSR count). The number of furan rings is 1. The first-order valence-electron chi connectivity index (χ1n) is 15.6. The third-order valence-corrected chi connectivity index (χ3v) is 9.64. The highest BCUT2D eigenvalue weighted by molar-refractivity contribution is 6.10. The monoisotopic (exact) mass is 577 g/mol. The Morgan fingerprint density at radius 2 is 1.11 bits per heavy atom. The minimum atomic E-state index is -0.0342. The van der Waals surface area contributed by atoms with Gasteiger partial charge in [-0.15, -0.1) is 0 Å². The van der Waals surface area contributed by atoms with E-state index < -0.39 is 0 Å². The summed E-state index contributed by atoms with van der Waals surface area (Å²) in [5, 5.41) is 4.65. The molecule has 2 nitrogen and oxygen atoms in total. The topological polar surface area (TPSA) is 16.4 Å². The molecule has 0 saturated carbocycles. The van der Waals surface area contributed by atoms with Crippen LogP contribution < -0.4 is 4.90 Å². The molecule has 7 aromatic carbocycles. The molecule has 0 aliphatic heterocycles. The van der Waals surface area contributed by atoms with E-state index in [1.165, 1.54) is 38.8 Å². The largest absolute Gasteiger partial charge is 0.456 e. The van der Waals surface area contributed by atoms with Crippen LogP contribution in [0.1, 0.15) is 25.0 Å². The minimum absolute atomic E-state index is 0.0342. The van der Waals surface area contributed by atoms with Gasteiger partial charge in [-0.25, -0.2) is 0 Å². The Bertz CT molecular complexity index is 2400. The number of para-hydroxylation sites is 1. The molecular formula is C43H31NO. The Morgan fingerprint density at radius 3 is 1.98 bits per heavy atom. The fraction of sp³-hybridized carbons (Fsp3) is 0.0698. The molecule has 0 fully saturated rings. The van der Waals surface area contributed by atoms with Gasteiger partial charge in [0.15, 0.2) is 0 Å². The van der Waals surface area contributed by atoms with E-state index >= 15 is 0 Å². The Morgan fingerprint density at radius 1 is 0.444 bits per heavy atom. The summed E-state index contributed by atoms with van der Waals surface area (Å²) in [6, 6.07) is 54.8. The zero-order valence-corrected chi connectivity index (χ0v) is 25.3. The molecule has 1 aliphatic carbocycles. The molecule has 0 spiro atoms. The second-order valence-corrected chi connectivity index (χ2v) is 12.6. The van der Waals surface area contributed by atoms with E-state index in [-0.39, 0.29) is 5.41 Å². The van der Waals surface area contributed by atoms with Crippen LogP contribution in [-0.4, -0.2) is 0 Å². The maximum Gasteiger partial charge on any atom is 0.136 e. The molecule has 214 valence electrons. The van der Waals surface area contributed by atoms with Crippen molar-refractivity contribution in [2.24, 2.45) is 0 Å². The van der Waals surface area contributed by atoms with Gasteiger partial charge in [-0.3, -0.25) is 0 Å². The van der Waals surface area contributed by atoms with E-state index in [4.69, 9.17) is 4.42 Å². The van der Waals surface area contributed by atoms with E-state index in [1.54, 1.807) is 0 Å². The second-order valence-electron chi connectivity index (χ2n) is 12.6. The van der Waals surface area contributed by atoms with Gasteiger partial charge in [0.2, 0.25) is 0 Å². The SMILES string of the molecule is CC1(C)c2ccccc2-c2cc(N(c3ccc(-c4ccccc4)cc3)c3ccc4cc5c(cc4c3)oc3ccccc35)ccc21. The summed E-state index contributed by atoms with van der Waals surface area (Å²) in [5.41, 5.74) is 13.0. The predicted molar refractivity (Wildman–Crippen MR) is 189 cm³/mol. The number of rotatable bonds is 4. The van der Waals surface area contributed by atoms with Crippen LogP contribution in [0.3, 0.4) is 0 Å². The first-order chi connectivity index (χ1) is 22.0. The number of hydrogen-bond acceptors (Lipinski definition) is 2. The summed E-state index contributed by atoms with van der Waals surface area (Å²) in [4.78, 5) is 2.38. The Balaban J connectivity index is 1.22. The molecule has 0 N–H and O–H groups in total. The molecule has 1 heterocycles. The van der Waals surface area contributed by atoms with Crippen LogP contribution in [0, 0.1) is 0 Å². The van der Waals surface area contributed by atoms with Crippen molar-refractivity contribution in [2.75, 3.05) is 4.90 Å². The normalized spacial score (nSPS) is 13.3. The molecule has 0 saturated heterocycles.